The lowest BCUT2D eigenvalue weighted by atomic mass is 10.1. The van der Waals surface area contributed by atoms with Gasteiger partial charge in [-0.15, -0.1) is 0 Å². The van der Waals surface area contributed by atoms with Crippen molar-refractivity contribution in [1.29, 1.82) is 0 Å². The summed E-state index contributed by atoms with van der Waals surface area (Å²) in [6, 6.07) is 20.5. The van der Waals surface area contributed by atoms with Crippen molar-refractivity contribution in [1.82, 2.24) is 9.80 Å². The van der Waals surface area contributed by atoms with E-state index in [9.17, 15) is 4.79 Å². The molecule has 0 saturated carbocycles. The SMILES string of the molecule is CC(C)(C)OC(=O)N1CCN(Cc2ccccc2)C[C@H]1COCc1ccccc1. The summed E-state index contributed by atoms with van der Waals surface area (Å²) in [7, 11) is 0. The maximum Gasteiger partial charge on any atom is 0.410 e. The number of hydrogen-bond donors (Lipinski definition) is 0. The molecule has 156 valence electrons. The van der Waals surface area contributed by atoms with Gasteiger partial charge in [-0.1, -0.05) is 60.7 Å². The molecule has 1 fully saturated rings. The molecule has 1 aliphatic rings. The molecule has 0 aromatic heterocycles. The highest BCUT2D eigenvalue weighted by Crippen LogP contribution is 2.18. The largest absolute Gasteiger partial charge is 0.444 e. The monoisotopic (exact) mass is 396 g/mol. The summed E-state index contributed by atoms with van der Waals surface area (Å²) in [5.41, 5.74) is 1.91. The van der Waals surface area contributed by atoms with Crippen LogP contribution in [0.1, 0.15) is 31.9 Å². The van der Waals surface area contributed by atoms with Gasteiger partial charge in [-0.25, -0.2) is 4.79 Å². The highest BCUT2D eigenvalue weighted by Gasteiger charge is 2.33. The molecule has 0 radical (unpaired) electrons. The first-order valence-corrected chi connectivity index (χ1v) is 10.3. The van der Waals surface area contributed by atoms with Gasteiger partial charge in [0.15, 0.2) is 0 Å². The summed E-state index contributed by atoms with van der Waals surface area (Å²) in [5.74, 6) is 0. The number of nitrogens with zero attached hydrogens (tertiary/aromatic N) is 2. The predicted octanol–water partition coefficient (Wildman–Crippen LogP) is 4.32. The highest BCUT2D eigenvalue weighted by molar-refractivity contribution is 5.68. The Morgan fingerprint density at radius 1 is 0.966 bits per heavy atom. The van der Waals surface area contributed by atoms with Gasteiger partial charge in [0.2, 0.25) is 0 Å². The number of benzene rings is 2. The molecule has 0 N–H and O–H groups in total. The van der Waals surface area contributed by atoms with E-state index in [4.69, 9.17) is 9.47 Å². The van der Waals surface area contributed by atoms with Gasteiger partial charge in [0.25, 0.3) is 0 Å². The fourth-order valence-electron chi connectivity index (χ4n) is 3.50. The van der Waals surface area contributed by atoms with Gasteiger partial charge in [-0.2, -0.15) is 0 Å². The normalized spacial score (nSPS) is 17.9. The zero-order valence-electron chi connectivity index (χ0n) is 17.7. The van der Waals surface area contributed by atoms with Crippen LogP contribution in [0.4, 0.5) is 4.79 Å². The number of amides is 1. The molecule has 0 unspecified atom stereocenters. The van der Waals surface area contributed by atoms with Crippen molar-refractivity contribution in [3.63, 3.8) is 0 Å². The van der Waals surface area contributed by atoms with Crippen LogP contribution in [0.5, 0.6) is 0 Å². The summed E-state index contributed by atoms with van der Waals surface area (Å²) in [4.78, 5) is 17.0. The minimum atomic E-state index is -0.506. The molecule has 0 spiro atoms. The van der Waals surface area contributed by atoms with Crippen molar-refractivity contribution < 1.29 is 14.3 Å². The molecule has 0 bridgehead atoms. The molecule has 5 heteroatoms. The van der Waals surface area contributed by atoms with E-state index >= 15 is 0 Å². The highest BCUT2D eigenvalue weighted by atomic mass is 16.6. The Bertz CT molecular complexity index is 759. The number of hydrogen-bond acceptors (Lipinski definition) is 4. The number of ether oxygens (including phenoxy) is 2. The lowest BCUT2D eigenvalue weighted by Crippen LogP contribution is -2.57. The summed E-state index contributed by atoms with van der Waals surface area (Å²) >= 11 is 0. The van der Waals surface area contributed by atoms with Crippen molar-refractivity contribution >= 4 is 6.09 Å². The van der Waals surface area contributed by atoms with E-state index in [1.807, 2.05) is 62.1 Å². The second kappa shape index (κ2) is 9.90. The second-order valence-corrected chi connectivity index (χ2v) is 8.55. The molecule has 1 heterocycles. The van der Waals surface area contributed by atoms with Gasteiger partial charge in [0, 0.05) is 26.2 Å². The molecule has 0 aliphatic carbocycles. The fraction of sp³-hybridized carbons (Fsp3) is 0.458. The summed E-state index contributed by atoms with van der Waals surface area (Å²) < 4.78 is 11.6. The maximum absolute atomic E-state index is 12.8. The standard InChI is InChI=1S/C24H32N2O3/c1-24(2,3)29-23(27)26-15-14-25(16-20-10-6-4-7-11-20)17-22(26)19-28-18-21-12-8-5-9-13-21/h4-13,22H,14-19H2,1-3H3/t22-/m0/s1. The van der Waals surface area contributed by atoms with E-state index in [-0.39, 0.29) is 12.1 Å². The molecule has 2 aromatic rings. The zero-order valence-corrected chi connectivity index (χ0v) is 17.7. The van der Waals surface area contributed by atoms with E-state index in [0.717, 1.165) is 25.2 Å². The lowest BCUT2D eigenvalue weighted by molar-refractivity contribution is -0.0254. The van der Waals surface area contributed by atoms with Crippen LogP contribution in [0.25, 0.3) is 0 Å². The third-order valence-corrected chi connectivity index (χ3v) is 4.87. The molecular formula is C24H32N2O3. The molecule has 1 aliphatic heterocycles. The predicted molar refractivity (Wildman–Crippen MR) is 115 cm³/mol. The molecular weight excluding hydrogens is 364 g/mol. The van der Waals surface area contributed by atoms with Gasteiger partial charge in [0.1, 0.15) is 5.60 Å². The van der Waals surface area contributed by atoms with Gasteiger partial charge in [0.05, 0.1) is 19.3 Å². The number of piperazine rings is 1. The molecule has 3 rings (SSSR count). The molecule has 29 heavy (non-hydrogen) atoms. The van der Waals surface area contributed by atoms with Crippen molar-refractivity contribution in [3.8, 4) is 0 Å². The Morgan fingerprint density at radius 3 is 2.21 bits per heavy atom. The van der Waals surface area contributed by atoms with E-state index in [1.54, 1.807) is 0 Å². The van der Waals surface area contributed by atoms with Crippen LogP contribution in [0, 0.1) is 0 Å². The van der Waals surface area contributed by atoms with Crippen LogP contribution in [-0.4, -0.2) is 53.8 Å². The quantitative estimate of drug-likeness (QED) is 0.729. The first-order valence-electron chi connectivity index (χ1n) is 10.3. The van der Waals surface area contributed by atoms with Crippen LogP contribution >= 0.6 is 0 Å². The number of carbonyl (C=O) groups excluding carboxylic acids is 1. The first kappa shape index (κ1) is 21.3. The molecule has 1 saturated heterocycles. The summed E-state index contributed by atoms with van der Waals surface area (Å²) in [6.45, 7) is 9.83. The van der Waals surface area contributed by atoms with Gasteiger partial charge in [-0.3, -0.25) is 4.90 Å². The third kappa shape index (κ3) is 6.87. The van der Waals surface area contributed by atoms with Crippen LogP contribution in [-0.2, 0) is 22.6 Å². The Kier molecular flexibility index (Phi) is 7.29. The Hall–Kier alpha value is -2.37. The molecule has 1 amide bonds. The van der Waals surface area contributed by atoms with Gasteiger partial charge >= 0.3 is 6.09 Å². The maximum atomic E-state index is 12.8. The van der Waals surface area contributed by atoms with E-state index < -0.39 is 5.60 Å². The summed E-state index contributed by atoms with van der Waals surface area (Å²) in [5, 5.41) is 0. The second-order valence-electron chi connectivity index (χ2n) is 8.55. The van der Waals surface area contributed by atoms with Crippen molar-refractivity contribution in [2.75, 3.05) is 26.2 Å². The number of carbonyl (C=O) groups is 1. The summed E-state index contributed by atoms with van der Waals surface area (Å²) in [6.07, 6.45) is -0.259. The zero-order chi connectivity index (χ0) is 20.7. The smallest absolute Gasteiger partial charge is 0.410 e. The average molecular weight is 397 g/mol. The van der Waals surface area contributed by atoms with E-state index in [0.29, 0.717) is 19.8 Å². The van der Waals surface area contributed by atoms with Crippen LogP contribution in [0.3, 0.4) is 0 Å². The van der Waals surface area contributed by atoms with Crippen LogP contribution in [0.15, 0.2) is 60.7 Å². The Balaban J connectivity index is 1.62. The van der Waals surface area contributed by atoms with Crippen molar-refractivity contribution in [2.45, 2.75) is 45.6 Å². The molecule has 1 atom stereocenters. The minimum Gasteiger partial charge on any atom is -0.444 e. The van der Waals surface area contributed by atoms with E-state index in [1.165, 1.54) is 5.56 Å². The minimum absolute atomic E-state index is 0.0361. The van der Waals surface area contributed by atoms with E-state index in [2.05, 4.69) is 29.2 Å². The van der Waals surface area contributed by atoms with Gasteiger partial charge in [-0.05, 0) is 31.9 Å². The third-order valence-electron chi connectivity index (χ3n) is 4.87. The Morgan fingerprint density at radius 2 is 1.59 bits per heavy atom. The van der Waals surface area contributed by atoms with Crippen LogP contribution < -0.4 is 0 Å². The van der Waals surface area contributed by atoms with Crippen molar-refractivity contribution in [3.05, 3.63) is 71.8 Å². The lowest BCUT2D eigenvalue weighted by Gasteiger charge is -2.41. The van der Waals surface area contributed by atoms with Crippen molar-refractivity contribution in [2.24, 2.45) is 0 Å². The van der Waals surface area contributed by atoms with Crippen LogP contribution in [0.2, 0.25) is 0 Å². The number of rotatable bonds is 6. The van der Waals surface area contributed by atoms with Gasteiger partial charge < -0.3 is 14.4 Å². The fourth-order valence-corrected chi connectivity index (χ4v) is 3.50. The first-order chi connectivity index (χ1) is 13.9. The average Bonchev–Trinajstić information content (AvgIpc) is 2.68. The Labute approximate surface area is 174 Å². The molecule has 2 aromatic carbocycles. The molecule has 5 nitrogen and oxygen atoms in total. The topological polar surface area (TPSA) is 42.0 Å².